The maximum atomic E-state index is 10.6. The van der Waals surface area contributed by atoms with Crippen LogP contribution >= 0.6 is 0 Å². The molecule has 5 nitrogen and oxygen atoms in total. The number of nitrogens with one attached hydrogen (secondary N) is 3. The average Bonchev–Trinajstić information content (AvgIpc) is 2.74. The van der Waals surface area contributed by atoms with Gasteiger partial charge in [0.2, 0.25) is 0 Å². The topological polar surface area (TPSA) is 73.4 Å². The van der Waals surface area contributed by atoms with Crippen molar-refractivity contribution in [2.24, 2.45) is 5.92 Å². The first-order chi connectivity index (χ1) is 9.56. The number of hydrazine groups is 1. The van der Waals surface area contributed by atoms with Gasteiger partial charge in [-0.05, 0) is 38.0 Å². The Morgan fingerprint density at radius 2 is 2.00 bits per heavy atom. The van der Waals surface area contributed by atoms with Crippen LogP contribution in [0.15, 0.2) is 24.3 Å². The molecule has 1 saturated heterocycles. The third kappa shape index (κ3) is 3.95. The molecule has 2 atom stereocenters. The van der Waals surface area contributed by atoms with Gasteiger partial charge in [0.15, 0.2) is 0 Å². The molecule has 2 unspecified atom stereocenters. The molecule has 4 N–H and O–H groups in total. The van der Waals surface area contributed by atoms with Crippen LogP contribution in [0.2, 0.25) is 0 Å². The normalized spacial score (nSPS) is 25.6. The van der Waals surface area contributed by atoms with Crippen molar-refractivity contribution in [3.63, 3.8) is 0 Å². The van der Waals surface area contributed by atoms with Crippen LogP contribution in [0.4, 0.5) is 5.69 Å². The van der Waals surface area contributed by atoms with Crippen LogP contribution in [-0.4, -0.2) is 29.7 Å². The zero-order chi connectivity index (χ0) is 14.5. The molecule has 1 heterocycles. The maximum Gasteiger partial charge on any atom is 0.303 e. The largest absolute Gasteiger partial charge is 0.481 e. The van der Waals surface area contributed by atoms with E-state index in [-0.39, 0.29) is 6.42 Å². The Labute approximate surface area is 119 Å². The van der Waals surface area contributed by atoms with Crippen molar-refractivity contribution in [2.75, 3.05) is 11.9 Å². The van der Waals surface area contributed by atoms with Crippen LogP contribution in [0.25, 0.3) is 0 Å². The summed E-state index contributed by atoms with van der Waals surface area (Å²) < 4.78 is 0. The van der Waals surface area contributed by atoms with E-state index in [4.69, 9.17) is 5.11 Å². The zero-order valence-electron chi connectivity index (χ0n) is 12.0. The number of carboxylic acid groups (broad SMARTS) is 1. The summed E-state index contributed by atoms with van der Waals surface area (Å²) in [7, 11) is 0. The van der Waals surface area contributed by atoms with Crippen LogP contribution in [0.1, 0.15) is 25.8 Å². The molecule has 0 bridgehead atoms. The summed E-state index contributed by atoms with van der Waals surface area (Å²) in [5.74, 6) is -0.230. The smallest absolute Gasteiger partial charge is 0.303 e. The van der Waals surface area contributed by atoms with Gasteiger partial charge in [-0.3, -0.25) is 15.6 Å². The number of hydrogen-bond donors (Lipinski definition) is 4. The lowest BCUT2D eigenvalue weighted by Crippen LogP contribution is -2.30. The minimum atomic E-state index is -0.755. The first kappa shape index (κ1) is 14.8. The van der Waals surface area contributed by atoms with E-state index in [1.54, 1.807) is 0 Å². The zero-order valence-corrected chi connectivity index (χ0v) is 12.0. The highest BCUT2D eigenvalue weighted by Crippen LogP contribution is 2.17. The molecule has 0 radical (unpaired) electrons. The molecular weight excluding hydrogens is 254 g/mol. The minimum Gasteiger partial charge on any atom is -0.481 e. The van der Waals surface area contributed by atoms with Crippen molar-refractivity contribution in [1.29, 1.82) is 0 Å². The number of anilines is 1. The first-order valence-electron chi connectivity index (χ1n) is 7.12. The Bertz CT molecular complexity index is 454. The fraction of sp³-hybridized carbons (Fsp3) is 0.533. The minimum absolute atomic E-state index is 0.175. The van der Waals surface area contributed by atoms with Crippen molar-refractivity contribution < 1.29 is 9.90 Å². The van der Waals surface area contributed by atoms with E-state index < -0.39 is 5.97 Å². The second-order valence-corrected chi connectivity index (χ2v) is 5.50. The molecule has 0 amide bonds. The average molecular weight is 277 g/mol. The van der Waals surface area contributed by atoms with Gasteiger partial charge < -0.3 is 10.4 Å². The Morgan fingerprint density at radius 3 is 2.65 bits per heavy atom. The van der Waals surface area contributed by atoms with Crippen LogP contribution in [0.3, 0.4) is 0 Å². The van der Waals surface area contributed by atoms with Crippen LogP contribution in [0.5, 0.6) is 0 Å². The summed E-state index contributed by atoms with van der Waals surface area (Å²) >= 11 is 0. The molecule has 1 aromatic carbocycles. The SMILES string of the molecule is CC1NNC(C)C1CNc1cccc(CCC(=O)O)c1. The molecule has 1 fully saturated rings. The van der Waals surface area contributed by atoms with Crippen molar-refractivity contribution in [3.05, 3.63) is 29.8 Å². The van der Waals surface area contributed by atoms with E-state index in [1.165, 1.54) is 0 Å². The summed E-state index contributed by atoms with van der Waals surface area (Å²) in [5.41, 5.74) is 8.60. The summed E-state index contributed by atoms with van der Waals surface area (Å²) in [6, 6.07) is 8.87. The number of aliphatic carboxylic acids is 1. The van der Waals surface area contributed by atoms with E-state index in [2.05, 4.69) is 30.0 Å². The molecule has 0 aromatic heterocycles. The van der Waals surface area contributed by atoms with Gasteiger partial charge in [0.25, 0.3) is 0 Å². The maximum absolute atomic E-state index is 10.6. The summed E-state index contributed by atoms with van der Waals surface area (Å²) in [6.07, 6.45) is 0.748. The molecule has 2 rings (SSSR count). The van der Waals surface area contributed by atoms with Gasteiger partial charge in [0.05, 0.1) is 0 Å². The van der Waals surface area contributed by atoms with E-state index in [1.807, 2.05) is 24.3 Å². The van der Waals surface area contributed by atoms with Crippen LogP contribution < -0.4 is 16.2 Å². The number of rotatable bonds is 6. The van der Waals surface area contributed by atoms with Gasteiger partial charge in [0, 0.05) is 36.7 Å². The molecule has 1 aromatic rings. The molecule has 0 spiro atoms. The molecule has 20 heavy (non-hydrogen) atoms. The fourth-order valence-corrected chi connectivity index (χ4v) is 2.59. The van der Waals surface area contributed by atoms with Crippen LogP contribution in [0, 0.1) is 5.92 Å². The van der Waals surface area contributed by atoms with Gasteiger partial charge in [-0.2, -0.15) is 0 Å². The lowest BCUT2D eigenvalue weighted by Gasteiger charge is -2.19. The Hall–Kier alpha value is -1.59. The molecule has 5 heteroatoms. The van der Waals surface area contributed by atoms with E-state index in [0.29, 0.717) is 24.4 Å². The highest BCUT2D eigenvalue weighted by Gasteiger charge is 2.29. The summed E-state index contributed by atoms with van der Waals surface area (Å²) in [5, 5.41) is 12.2. The van der Waals surface area contributed by atoms with E-state index in [0.717, 1.165) is 17.8 Å². The van der Waals surface area contributed by atoms with Crippen molar-refractivity contribution in [3.8, 4) is 0 Å². The molecular formula is C15H23N3O2. The van der Waals surface area contributed by atoms with Gasteiger partial charge in [0.1, 0.15) is 0 Å². The Morgan fingerprint density at radius 1 is 1.30 bits per heavy atom. The predicted octanol–water partition coefficient (Wildman–Crippen LogP) is 1.62. The quantitative estimate of drug-likeness (QED) is 0.636. The second kappa shape index (κ2) is 6.72. The van der Waals surface area contributed by atoms with Crippen molar-refractivity contribution in [1.82, 2.24) is 10.9 Å². The van der Waals surface area contributed by atoms with Crippen molar-refractivity contribution in [2.45, 2.75) is 38.8 Å². The lowest BCUT2D eigenvalue weighted by atomic mass is 9.96. The van der Waals surface area contributed by atoms with Crippen molar-refractivity contribution >= 4 is 11.7 Å². The van der Waals surface area contributed by atoms with E-state index >= 15 is 0 Å². The van der Waals surface area contributed by atoms with E-state index in [9.17, 15) is 4.79 Å². The van der Waals surface area contributed by atoms with Gasteiger partial charge >= 0.3 is 5.97 Å². The number of carbonyl (C=O) groups is 1. The molecule has 0 saturated carbocycles. The number of benzene rings is 1. The first-order valence-corrected chi connectivity index (χ1v) is 7.12. The third-order valence-electron chi connectivity index (χ3n) is 3.92. The highest BCUT2D eigenvalue weighted by molar-refractivity contribution is 5.67. The summed E-state index contributed by atoms with van der Waals surface area (Å²) in [4.78, 5) is 10.6. The fourth-order valence-electron chi connectivity index (χ4n) is 2.59. The standard InChI is InChI=1S/C15H23N3O2/c1-10-14(11(2)18-17-10)9-16-13-5-3-4-12(8-13)6-7-15(19)20/h3-5,8,10-11,14,16-18H,6-7,9H2,1-2H3,(H,19,20). The molecule has 1 aliphatic rings. The number of hydrogen-bond acceptors (Lipinski definition) is 4. The van der Waals surface area contributed by atoms with Gasteiger partial charge in [-0.1, -0.05) is 12.1 Å². The van der Waals surface area contributed by atoms with Crippen LogP contribution in [-0.2, 0) is 11.2 Å². The second-order valence-electron chi connectivity index (χ2n) is 5.50. The number of aryl methyl sites for hydroxylation is 1. The molecule has 0 aliphatic carbocycles. The third-order valence-corrected chi connectivity index (χ3v) is 3.92. The van der Waals surface area contributed by atoms with Gasteiger partial charge in [-0.15, -0.1) is 0 Å². The number of carboxylic acids is 1. The highest BCUT2D eigenvalue weighted by atomic mass is 16.4. The van der Waals surface area contributed by atoms with Gasteiger partial charge in [-0.25, -0.2) is 0 Å². The summed E-state index contributed by atoms with van der Waals surface area (Å²) in [6.45, 7) is 5.24. The molecule has 110 valence electrons. The Balaban J connectivity index is 1.89. The predicted molar refractivity (Wildman–Crippen MR) is 79.6 cm³/mol. The molecule has 1 aliphatic heterocycles. The Kier molecular flexibility index (Phi) is 4.98. The lowest BCUT2D eigenvalue weighted by molar-refractivity contribution is -0.136. The monoisotopic (exact) mass is 277 g/mol.